The second kappa shape index (κ2) is 13.0. The lowest BCUT2D eigenvalue weighted by Gasteiger charge is -2.08. The fourth-order valence-corrected chi connectivity index (χ4v) is 7.41. The van der Waals surface area contributed by atoms with Crippen molar-refractivity contribution in [2.75, 3.05) is 0 Å². The van der Waals surface area contributed by atoms with Gasteiger partial charge in [0.2, 0.25) is 34.7 Å². The van der Waals surface area contributed by atoms with Gasteiger partial charge in [-0.25, -0.2) is 48.9 Å². The third-order valence-electron chi connectivity index (χ3n) is 10.0. The zero-order chi connectivity index (χ0) is 42.0. The summed E-state index contributed by atoms with van der Waals surface area (Å²) in [6, 6.07) is 10.3. The number of rotatable bonds is 2. The molecule has 0 spiro atoms. The van der Waals surface area contributed by atoms with Gasteiger partial charge in [-0.15, -0.1) is 0 Å². The van der Waals surface area contributed by atoms with E-state index in [9.17, 15) is 17.6 Å². The summed E-state index contributed by atoms with van der Waals surface area (Å²) in [5, 5.41) is -3.61. The van der Waals surface area contributed by atoms with E-state index in [1.165, 1.54) is 24.3 Å². The van der Waals surface area contributed by atoms with E-state index in [1.54, 1.807) is 0 Å². The minimum Gasteiger partial charge on any atom is -0.434 e. The zero-order valence-corrected chi connectivity index (χ0v) is 29.2. The molecular weight excluding hydrogens is 820 g/mol. The topological polar surface area (TPSA) is 83.6 Å². The highest BCUT2D eigenvalue weighted by Gasteiger charge is 2.30. The van der Waals surface area contributed by atoms with E-state index in [0.29, 0.717) is 0 Å². The molecule has 1 aliphatic rings. The second-order valence-electron chi connectivity index (χ2n) is 13.3. The fraction of sp³-hybridized carbons (Fsp3) is 0. The molecule has 2 N–H and O–H groups in total. The van der Waals surface area contributed by atoms with Crippen molar-refractivity contribution in [3.05, 3.63) is 142 Å². The first-order valence-electron chi connectivity index (χ1n) is 17.2. The number of nitrogens with zero attached hydrogens (tertiary/aromatic N) is 2. The zero-order valence-electron chi connectivity index (χ0n) is 29.2. The van der Waals surface area contributed by atoms with Gasteiger partial charge in [-0.05, 0) is 60.7 Å². The molecule has 0 saturated heterocycles. The maximum absolute atomic E-state index is 15.8. The summed E-state index contributed by atoms with van der Waals surface area (Å²) < 4.78 is 195. The number of hydrogen-bond donors (Lipinski definition) is 2. The summed E-state index contributed by atoms with van der Waals surface area (Å²) in [5.74, 6) is -21.8. The van der Waals surface area contributed by atoms with Gasteiger partial charge in [0.15, 0.2) is 34.4 Å². The second-order valence-corrected chi connectivity index (χ2v) is 13.3. The Morgan fingerprint density at radius 3 is 1.08 bits per heavy atom. The van der Waals surface area contributed by atoms with E-state index >= 15 is 35.1 Å². The lowest BCUT2D eigenvalue weighted by molar-refractivity contribution is 0.411. The van der Waals surface area contributed by atoms with E-state index in [4.69, 9.17) is 8.83 Å². The highest BCUT2D eigenvalue weighted by Crippen LogP contribution is 2.42. The number of hydrogen-bond acceptors (Lipinski definition) is 4. The number of aromatic nitrogens is 4. The van der Waals surface area contributed by atoms with Crippen LogP contribution in [0.3, 0.4) is 0 Å². The number of H-pyrrole nitrogens is 2. The Hall–Kier alpha value is -7.50. The first-order chi connectivity index (χ1) is 28.7. The summed E-state index contributed by atoms with van der Waals surface area (Å²) in [6.45, 7) is 0. The van der Waals surface area contributed by atoms with E-state index in [-0.39, 0.29) is 33.5 Å². The van der Waals surface area contributed by atoms with Crippen LogP contribution in [-0.4, -0.2) is 19.9 Å². The Labute approximate surface area is 323 Å². The Morgan fingerprint density at radius 1 is 0.350 bits per heavy atom. The molecule has 6 nitrogen and oxygen atoms in total. The van der Waals surface area contributed by atoms with Crippen molar-refractivity contribution in [3.8, 4) is 22.3 Å². The van der Waals surface area contributed by atoms with Gasteiger partial charge in [-0.1, -0.05) is 12.1 Å². The van der Waals surface area contributed by atoms with E-state index in [2.05, 4.69) is 19.9 Å². The number of furan rings is 2. The molecule has 4 aromatic carbocycles. The lowest BCUT2D eigenvalue weighted by atomic mass is 10.0. The Balaban J connectivity index is 1.53. The van der Waals surface area contributed by atoms with Crippen LogP contribution in [0.25, 0.3) is 101 Å². The third kappa shape index (κ3) is 5.12. The van der Waals surface area contributed by atoms with Gasteiger partial charge in [0.1, 0.15) is 23.3 Å². The van der Waals surface area contributed by atoms with Crippen LogP contribution in [0, 0.1) is 69.8 Å². The highest BCUT2D eigenvalue weighted by molar-refractivity contribution is 6.15. The number of aromatic amines is 2. The molecule has 60 heavy (non-hydrogen) atoms. The van der Waals surface area contributed by atoms with Gasteiger partial charge >= 0.3 is 0 Å². The number of nitrogens with one attached hydrogen (secondary N) is 2. The largest absolute Gasteiger partial charge is 0.434 e. The summed E-state index contributed by atoms with van der Waals surface area (Å²) in [7, 11) is 0. The fourth-order valence-electron chi connectivity index (χ4n) is 7.41. The molecule has 0 saturated carbocycles. The van der Waals surface area contributed by atoms with Gasteiger partial charge in [0.05, 0.1) is 55.1 Å². The average Bonchev–Trinajstić information content (AvgIpc) is 4.08. The SMILES string of the molecule is Fc1cccc(F)c1-c1c2nc(c(-c3c(F)cccc3F)c3ccc([nH]3)c3c(nc4oc5c(F)c(F)c(F)c(F)c5c4c4ccc1[nH]4)oc1c(F)c(F)c(F)c(F)c13)C=C2. The smallest absolute Gasteiger partial charge is 0.232 e. The summed E-state index contributed by atoms with van der Waals surface area (Å²) in [4.78, 5) is 14.1. The van der Waals surface area contributed by atoms with Crippen molar-refractivity contribution in [2.45, 2.75) is 0 Å². The maximum atomic E-state index is 15.8. The maximum Gasteiger partial charge on any atom is 0.232 e. The normalized spacial score (nSPS) is 12.3. The van der Waals surface area contributed by atoms with Crippen LogP contribution in [0.5, 0.6) is 0 Å². The molecule has 0 fully saturated rings. The summed E-state index contributed by atoms with van der Waals surface area (Å²) in [5.41, 5.74) is -8.33. The third-order valence-corrected chi connectivity index (χ3v) is 10.0. The van der Waals surface area contributed by atoms with Crippen molar-refractivity contribution < 1.29 is 61.5 Å². The van der Waals surface area contributed by atoms with Crippen LogP contribution in [0.4, 0.5) is 52.7 Å². The molecule has 0 atom stereocenters. The van der Waals surface area contributed by atoms with Crippen LogP contribution < -0.4 is 0 Å². The Kier molecular flexibility index (Phi) is 7.98. The minimum absolute atomic E-state index is 0.227. The predicted octanol–water partition coefficient (Wildman–Crippen LogP) is 13.0. The number of fused-ring (bicyclic) bond motifs is 14. The molecule has 6 bridgehead atoms. The molecule has 0 amide bonds. The van der Waals surface area contributed by atoms with Gasteiger partial charge < -0.3 is 18.8 Å². The molecule has 0 unspecified atom stereocenters. The van der Waals surface area contributed by atoms with Gasteiger partial charge in [0.25, 0.3) is 0 Å². The molecule has 10 rings (SSSR count). The number of benzene rings is 4. The van der Waals surface area contributed by atoms with E-state index < -0.39 is 136 Å². The number of halogens is 12. The summed E-state index contributed by atoms with van der Waals surface area (Å²) in [6.07, 6.45) is 2.46. The highest BCUT2D eigenvalue weighted by atomic mass is 19.2. The summed E-state index contributed by atoms with van der Waals surface area (Å²) >= 11 is 0. The van der Waals surface area contributed by atoms with Crippen molar-refractivity contribution in [2.24, 2.45) is 0 Å². The molecule has 9 aromatic rings. The Morgan fingerprint density at radius 2 is 0.700 bits per heavy atom. The standard InChI is InChI=1S/C42H14F12N4O2/c43-13-3-1-4-14(44)23(13)25-17-7-8-18(55-17)26(24-15(45)5-2-6-16(24)46)20-10-12-22(57-20)28-30-32(48)34(50)36(52)38(54)40(30)60-42(28)58-41-27(21-11-9-19(25)56-21)29-31(47)33(49)35(51)37(53)39(29)59-41/h1-12,56-57H. The minimum atomic E-state index is -2.31. The molecule has 5 aromatic heterocycles. The van der Waals surface area contributed by atoms with Crippen molar-refractivity contribution >= 4 is 78.4 Å². The monoisotopic (exact) mass is 834 g/mol. The van der Waals surface area contributed by atoms with Gasteiger partial charge in [-0.2, -0.15) is 13.8 Å². The molecule has 0 aliphatic carbocycles. The molecule has 0 radical (unpaired) electrons. The molecule has 298 valence electrons. The van der Waals surface area contributed by atoms with Gasteiger partial charge in [-0.3, -0.25) is 0 Å². The van der Waals surface area contributed by atoms with Crippen molar-refractivity contribution in [3.63, 3.8) is 0 Å². The van der Waals surface area contributed by atoms with Crippen LogP contribution in [-0.2, 0) is 0 Å². The van der Waals surface area contributed by atoms with Crippen LogP contribution >= 0.6 is 0 Å². The van der Waals surface area contributed by atoms with Crippen LogP contribution in [0.2, 0.25) is 0 Å². The molecule has 6 heterocycles. The van der Waals surface area contributed by atoms with Crippen LogP contribution in [0.15, 0.2) is 69.5 Å². The lowest BCUT2D eigenvalue weighted by Crippen LogP contribution is -1.96. The first kappa shape index (κ1) is 36.8. The quantitative estimate of drug-likeness (QED) is 0.103. The molecular formula is C42H14F12N4O2. The van der Waals surface area contributed by atoms with Crippen molar-refractivity contribution in [1.29, 1.82) is 0 Å². The molecule has 18 heteroatoms. The van der Waals surface area contributed by atoms with Crippen LogP contribution in [0.1, 0.15) is 11.4 Å². The van der Waals surface area contributed by atoms with Gasteiger partial charge in [0, 0.05) is 22.2 Å². The first-order valence-corrected chi connectivity index (χ1v) is 17.2. The van der Waals surface area contributed by atoms with Crippen molar-refractivity contribution in [1.82, 2.24) is 19.9 Å². The predicted molar refractivity (Wildman–Crippen MR) is 195 cm³/mol. The van der Waals surface area contributed by atoms with E-state index in [0.717, 1.165) is 48.5 Å². The Bertz CT molecular complexity index is 3330. The van der Waals surface area contributed by atoms with E-state index in [1.807, 2.05) is 0 Å². The molecule has 1 aliphatic heterocycles. The average molecular weight is 835 g/mol.